The second-order valence-electron chi connectivity index (χ2n) is 9.63. The minimum Gasteiger partial charge on any atom is -0.473 e. The van der Waals surface area contributed by atoms with Gasteiger partial charge in [0.2, 0.25) is 17.6 Å². The Morgan fingerprint density at radius 3 is 2.29 bits per heavy atom. The molecule has 2 atom stereocenters. The molecule has 2 aromatic rings. The molecule has 198 valence electrons. The zero-order valence-electron chi connectivity index (χ0n) is 21.8. The van der Waals surface area contributed by atoms with E-state index in [9.17, 15) is 19.2 Å². The van der Waals surface area contributed by atoms with E-state index in [0.29, 0.717) is 24.4 Å². The van der Waals surface area contributed by atoms with Gasteiger partial charge >= 0.3 is 0 Å². The van der Waals surface area contributed by atoms with Gasteiger partial charge in [-0.3, -0.25) is 24.1 Å². The number of carbonyl (C=O) groups excluding carboxylic acids is 4. The molecule has 0 spiro atoms. The quantitative estimate of drug-likeness (QED) is 0.551. The minimum absolute atomic E-state index is 0.00197. The molecular formula is C29H32N4O5. The summed E-state index contributed by atoms with van der Waals surface area (Å²) in [6.07, 6.45) is 1.88. The smallest absolute Gasteiger partial charge is 0.255 e. The van der Waals surface area contributed by atoms with E-state index in [1.165, 1.54) is 16.7 Å². The molecule has 0 saturated heterocycles. The van der Waals surface area contributed by atoms with Crippen molar-refractivity contribution in [3.8, 4) is 0 Å². The van der Waals surface area contributed by atoms with Crippen LogP contribution >= 0.6 is 0 Å². The van der Waals surface area contributed by atoms with Crippen LogP contribution in [0.4, 0.5) is 0 Å². The molecule has 1 N–H and O–H groups in total. The lowest BCUT2D eigenvalue weighted by Crippen LogP contribution is -2.56. The van der Waals surface area contributed by atoms with Crippen molar-refractivity contribution < 1.29 is 23.9 Å². The van der Waals surface area contributed by atoms with Gasteiger partial charge < -0.3 is 15.0 Å². The summed E-state index contributed by atoms with van der Waals surface area (Å²) in [7, 11) is 0. The first kappa shape index (κ1) is 26.8. The maximum Gasteiger partial charge on any atom is 0.255 e. The number of hydrogen-bond acceptors (Lipinski definition) is 6. The first-order valence-electron chi connectivity index (χ1n) is 12.7. The number of hydrogen-bond donors (Lipinski definition) is 1. The van der Waals surface area contributed by atoms with Gasteiger partial charge in [0.05, 0.1) is 12.2 Å². The van der Waals surface area contributed by atoms with E-state index in [0.717, 1.165) is 5.56 Å². The minimum atomic E-state index is -0.916. The maximum absolute atomic E-state index is 13.7. The first-order chi connectivity index (χ1) is 18.3. The Hall–Kier alpha value is -4.27. The molecule has 0 bridgehead atoms. The van der Waals surface area contributed by atoms with Crippen LogP contribution in [-0.4, -0.2) is 71.0 Å². The Balaban J connectivity index is 1.62. The molecule has 2 aliphatic heterocycles. The number of aliphatic imine (C=N–C) groups is 1. The molecule has 0 unspecified atom stereocenters. The van der Waals surface area contributed by atoms with Crippen molar-refractivity contribution in [2.45, 2.75) is 39.3 Å². The van der Waals surface area contributed by atoms with E-state index in [2.05, 4.69) is 10.3 Å². The summed E-state index contributed by atoms with van der Waals surface area (Å²) in [5, 5.41) is 2.81. The average Bonchev–Trinajstić information content (AvgIpc) is 3.44. The lowest BCUT2D eigenvalue weighted by atomic mass is 9.97. The van der Waals surface area contributed by atoms with Gasteiger partial charge in [0, 0.05) is 19.5 Å². The summed E-state index contributed by atoms with van der Waals surface area (Å²) in [5.41, 5.74) is 1.99. The molecule has 9 nitrogen and oxygen atoms in total. The highest BCUT2D eigenvalue weighted by Gasteiger charge is 2.40. The molecule has 0 fully saturated rings. The van der Waals surface area contributed by atoms with Crippen LogP contribution in [0.2, 0.25) is 0 Å². The fourth-order valence-electron chi connectivity index (χ4n) is 4.65. The number of amides is 3. The third-order valence-electron chi connectivity index (χ3n) is 6.47. The molecule has 4 rings (SSSR count). The topological polar surface area (TPSA) is 108 Å². The maximum atomic E-state index is 13.7. The molecule has 0 aliphatic carbocycles. The van der Waals surface area contributed by atoms with Crippen molar-refractivity contribution in [1.29, 1.82) is 0 Å². The van der Waals surface area contributed by atoms with Gasteiger partial charge in [0.25, 0.3) is 11.8 Å². The van der Waals surface area contributed by atoms with Crippen LogP contribution in [0.5, 0.6) is 0 Å². The van der Waals surface area contributed by atoms with Crippen molar-refractivity contribution in [2.75, 3.05) is 19.7 Å². The molecule has 9 heteroatoms. The molecule has 2 aromatic carbocycles. The lowest BCUT2D eigenvalue weighted by molar-refractivity contribution is -0.144. The third kappa shape index (κ3) is 5.99. The van der Waals surface area contributed by atoms with Crippen LogP contribution in [0.15, 0.2) is 71.9 Å². The van der Waals surface area contributed by atoms with Crippen molar-refractivity contribution >= 4 is 35.1 Å². The van der Waals surface area contributed by atoms with Crippen LogP contribution in [0, 0.1) is 5.92 Å². The summed E-state index contributed by atoms with van der Waals surface area (Å²) in [4.78, 5) is 59.7. The Bertz CT molecular complexity index is 1260. The van der Waals surface area contributed by atoms with E-state index in [1.807, 2.05) is 74.5 Å². The molecule has 2 heterocycles. The standard InChI is InChI=1S/C29H32N4O5/c1-19(2)26-29(37)33(24(17-32(26)20(3)34)22-12-8-5-9-13-22)18-25(35)31-23(16-21-10-6-4-7-11-21)27(36)28-30-14-15-38-28/h4-13,17,19,23,26H,14-16,18H2,1-3H3,(H,31,35)/t23-,26-/m0/s1. The normalized spacial score (nSPS) is 18.0. The second kappa shape index (κ2) is 11.9. The molecule has 0 aromatic heterocycles. The zero-order chi connectivity index (χ0) is 27.2. The van der Waals surface area contributed by atoms with Crippen LogP contribution in [-0.2, 0) is 30.3 Å². The highest BCUT2D eigenvalue weighted by molar-refractivity contribution is 6.38. The molecule has 0 radical (unpaired) electrons. The van der Waals surface area contributed by atoms with Gasteiger partial charge in [-0.05, 0) is 17.0 Å². The van der Waals surface area contributed by atoms with Gasteiger partial charge in [-0.15, -0.1) is 0 Å². The van der Waals surface area contributed by atoms with E-state index in [-0.39, 0.29) is 36.6 Å². The summed E-state index contributed by atoms with van der Waals surface area (Å²) in [6.45, 7) is 5.52. The van der Waals surface area contributed by atoms with Crippen LogP contribution in [0.3, 0.4) is 0 Å². The van der Waals surface area contributed by atoms with E-state index in [4.69, 9.17) is 4.74 Å². The van der Waals surface area contributed by atoms with Crippen LogP contribution in [0.1, 0.15) is 31.9 Å². The number of benzene rings is 2. The summed E-state index contributed by atoms with van der Waals surface area (Å²) in [6, 6.07) is 16.8. The van der Waals surface area contributed by atoms with Crippen molar-refractivity contribution in [3.63, 3.8) is 0 Å². The monoisotopic (exact) mass is 516 g/mol. The van der Waals surface area contributed by atoms with Gasteiger partial charge in [-0.25, -0.2) is 4.99 Å². The van der Waals surface area contributed by atoms with Crippen molar-refractivity contribution in [2.24, 2.45) is 10.9 Å². The molecule has 0 saturated carbocycles. The average molecular weight is 517 g/mol. The third-order valence-corrected chi connectivity index (χ3v) is 6.47. The highest BCUT2D eigenvalue weighted by Crippen LogP contribution is 2.30. The number of ketones is 1. The second-order valence-corrected chi connectivity index (χ2v) is 9.63. The summed E-state index contributed by atoms with van der Waals surface area (Å²) < 4.78 is 5.37. The zero-order valence-corrected chi connectivity index (χ0v) is 21.8. The number of rotatable bonds is 9. The van der Waals surface area contributed by atoms with Gasteiger partial charge in [0.1, 0.15) is 25.2 Å². The summed E-state index contributed by atoms with van der Waals surface area (Å²) >= 11 is 0. The van der Waals surface area contributed by atoms with E-state index >= 15 is 0 Å². The van der Waals surface area contributed by atoms with Crippen molar-refractivity contribution in [1.82, 2.24) is 15.1 Å². The predicted octanol–water partition coefficient (Wildman–Crippen LogP) is 2.43. The Kier molecular flexibility index (Phi) is 8.35. The number of ether oxygens (including phenoxy) is 1. The number of Topliss-reactive ketones (excluding diaryl/α,β-unsaturated/α-hetero) is 1. The van der Waals surface area contributed by atoms with Gasteiger partial charge in [-0.1, -0.05) is 74.5 Å². The Morgan fingerprint density at radius 2 is 1.71 bits per heavy atom. The van der Waals surface area contributed by atoms with Gasteiger partial charge in [-0.2, -0.15) is 0 Å². The number of nitrogens with zero attached hydrogens (tertiary/aromatic N) is 3. The predicted molar refractivity (Wildman–Crippen MR) is 143 cm³/mol. The molecule has 2 aliphatic rings. The van der Waals surface area contributed by atoms with Crippen LogP contribution in [0.25, 0.3) is 5.70 Å². The fraction of sp³-hybridized carbons (Fsp3) is 0.345. The first-order valence-corrected chi connectivity index (χ1v) is 12.7. The SMILES string of the molecule is CC(=O)N1C=C(c2ccccc2)N(CC(=O)N[C@@H](Cc2ccccc2)C(=O)C2=NCCO2)C(=O)[C@@H]1C(C)C. The van der Waals surface area contributed by atoms with E-state index in [1.54, 1.807) is 6.20 Å². The Labute approximate surface area is 222 Å². The lowest BCUT2D eigenvalue weighted by Gasteiger charge is -2.40. The van der Waals surface area contributed by atoms with E-state index < -0.39 is 23.8 Å². The molecular weight excluding hydrogens is 484 g/mol. The van der Waals surface area contributed by atoms with Crippen LogP contribution < -0.4 is 5.32 Å². The molecule has 38 heavy (non-hydrogen) atoms. The van der Waals surface area contributed by atoms with Crippen molar-refractivity contribution in [3.05, 3.63) is 78.0 Å². The fourth-order valence-corrected chi connectivity index (χ4v) is 4.65. The summed E-state index contributed by atoms with van der Waals surface area (Å²) in [5.74, 6) is -1.72. The Morgan fingerprint density at radius 1 is 1.05 bits per heavy atom. The largest absolute Gasteiger partial charge is 0.473 e. The number of carbonyl (C=O) groups is 4. The molecule has 3 amide bonds. The van der Waals surface area contributed by atoms with Gasteiger partial charge in [0.15, 0.2) is 0 Å². The highest BCUT2D eigenvalue weighted by atomic mass is 16.5. The number of nitrogens with one attached hydrogen (secondary N) is 1.